The third-order valence-electron chi connectivity index (χ3n) is 3.26. The average molecular weight is 295 g/mol. The highest BCUT2D eigenvalue weighted by atomic mass is 32.2. The average Bonchev–Trinajstić information content (AvgIpc) is 2.88. The molecule has 0 aromatic heterocycles. The molecule has 2 rings (SSSR count). The normalized spacial score (nSPS) is 21.4. The van der Waals surface area contributed by atoms with E-state index in [9.17, 15) is 14.7 Å². The number of carbonyl (C=O) groups excluding carboxylic acids is 1. The number of carboxylic acids is 1. The first-order chi connectivity index (χ1) is 9.53. The first-order valence-corrected chi connectivity index (χ1v) is 7.49. The molecule has 1 aliphatic rings. The minimum atomic E-state index is -1.14. The predicted octanol–water partition coefficient (Wildman–Crippen LogP) is 1.45. The summed E-state index contributed by atoms with van der Waals surface area (Å²) in [6.45, 7) is 1.71. The van der Waals surface area contributed by atoms with Crippen molar-refractivity contribution in [2.75, 3.05) is 18.1 Å². The van der Waals surface area contributed by atoms with Crippen LogP contribution in [0.1, 0.15) is 12.0 Å². The Balaban J connectivity index is 1.92. The van der Waals surface area contributed by atoms with E-state index in [1.54, 1.807) is 6.07 Å². The number of aryl methyl sites for hydroxylation is 1. The van der Waals surface area contributed by atoms with E-state index in [0.29, 0.717) is 17.9 Å². The molecule has 1 aromatic rings. The summed E-state index contributed by atoms with van der Waals surface area (Å²) >= 11 is 1.53. The van der Waals surface area contributed by atoms with Crippen LogP contribution >= 0.6 is 11.8 Å². The minimum Gasteiger partial charge on any atom is -0.484 e. The third kappa shape index (κ3) is 3.25. The van der Waals surface area contributed by atoms with Crippen LogP contribution in [-0.4, -0.2) is 40.6 Å². The fourth-order valence-corrected chi connectivity index (χ4v) is 3.38. The summed E-state index contributed by atoms with van der Waals surface area (Å²) in [5, 5.41) is 11.9. The molecule has 2 N–H and O–H groups in total. The van der Waals surface area contributed by atoms with E-state index in [2.05, 4.69) is 5.32 Å². The Morgan fingerprint density at radius 3 is 2.80 bits per heavy atom. The molecule has 20 heavy (non-hydrogen) atoms. The number of para-hydroxylation sites is 1. The van der Waals surface area contributed by atoms with Gasteiger partial charge in [0.1, 0.15) is 11.3 Å². The second-order valence-electron chi connectivity index (χ2n) is 4.79. The lowest BCUT2D eigenvalue weighted by atomic mass is 9.99. The summed E-state index contributed by atoms with van der Waals surface area (Å²) in [7, 11) is 0. The fraction of sp³-hybridized carbons (Fsp3) is 0.429. The number of carbonyl (C=O) groups is 2. The van der Waals surface area contributed by atoms with E-state index in [1.807, 2.05) is 25.1 Å². The number of aliphatic carboxylic acids is 1. The van der Waals surface area contributed by atoms with Gasteiger partial charge in [0.25, 0.3) is 5.91 Å². The number of hydrogen-bond acceptors (Lipinski definition) is 4. The minimum absolute atomic E-state index is 0.176. The van der Waals surface area contributed by atoms with Gasteiger partial charge in [-0.15, -0.1) is 0 Å². The van der Waals surface area contributed by atoms with Gasteiger partial charge in [-0.05, 0) is 30.7 Å². The van der Waals surface area contributed by atoms with E-state index in [4.69, 9.17) is 4.74 Å². The lowest BCUT2D eigenvalue weighted by Gasteiger charge is -2.24. The maximum Gasteiger partial charge on any atom is 0.330 e. The summed E-state index contributed by atoms with van der Waals surface area (Å²) in [5.74, 6) is 0.390. The van der Waals surface area contributed by atoms with Crippen LogP contribution in [0.2, 0.25) is 0 Å². The molecule has 1 saturated heterocycles. The summed E-state index contributed by atoms with van der Waals surface area (Å²) in [6.07, 6.45) is 0.448. The molecule has 0 aliphatic carbocycles. The van der Waals surface area contributed by atoms with Gasteiger partial charge in [-0.3, -0.25) is 4.79 Å². The number of hydrogen-bond donors (Lipinski definition) is 2. The van der Waals surface area contributed by atoms with E-state index < -0.39 is 17.4 Å². The van der Waals surface area contributed by atoms with Crippen LogP contribution in [0.5, 0.6) is 5.75 Å². The van der Waals surface area contributed by atoms with Crippen molar-refractivity contribution in [2.45, 2.75) is 18.9 Å². The molecular weight excluding hydrogens is 278 g/mol. The van der Waals surface area contributed by atoms with Crippen molar-refractivity contribution in [2.24, 2.45) is 0 Å². The number of ether oxygens (including phenoxy) is 1. The van der Waals surface area contributed by atoms with Gasteiger partial charge in [-0.25, -0.2) is 4.79 Å². The molecule has 0 saturated carbocycles. The van der Waals surface area contributed by atoms with Crippen molar-refractivity contribution in [1.29, 1.82) is 0 Å². The highest BCUT2D eigenvalue weighted by Gasteiger charge is 2.43. The summed E-state index contributed by atoms with van der Waals surface area (Å²) in [6, 6.07) is 7.38. The molecule has 1 heterocycles. The molecule has 1 fully saturated rings. The lowest BCUT2D eigenvalue weighted by molar-refractivity contribution is -0.146. The highest BCUT2D eigenvalue weighted by molar-refractivity contribution is 7.99. The van der Waals surface area contributed by atoms with Crippen molar-refractivity contribution >= 4 is 23.6 Å². The number of nitrogens with one attached hydrogen (secondary N) is 1. The van der Waals surface area contributed by atoms with Gasteiger partial charge in [0, 0.05) is 5.75 Å². The van der Waals surface area contributed by atoms with Crippen molar-refractivity contribution in [3.05, 3.63) is 29.8 Å². The van der Waals surface area contributed by atoms with Gasteiger partial charge in [0.2, 0.25) is 0 Å². The fourth-order valence-electron chi connectivity index (χ4n) is 2.05. The van der Waals surface area contributed by atoms with Gasteiger partial charge in [-0.2, -0.15) is 11.8 Å². The monoisotopic (exact) mass is 295 g/mol. The van der Waals surface area contributed by atoms with E-state index in [1.165, 1.54) is 11.8 Å². The molecule has 0 radical (unpaired) electrons. The van der Waals surface area contributed by atoms with Crippen molar-refractivity contribution in [3.63, 3.8) is 0 Å². The van der Waals surface area contributed by atoms with Crippen molar-refractivity contribution < 1.29 is 19.4 Å². The van der Waals surface area contributed by atoms with Gasteiger partial charge in [0.05, 0.1) is 0 Å². The molecule has 1 amide bonds. The molecule has 0 bridgehead atoms. The van der Waals surface area contributed by atoms with E-state index in [-0.39, 0.29) is 6.61 Å². The maximum atomic E-state index is 11.9. The maximum absolute atomic E-state index is 11.9. The third-order valence-corrected chi connectivity index (χ3v) is 4.45. The number of carboxylic acid groups (broad SMARTS) is 1. The summed E-state index contributed by atoms with van der Waals surface area (Å²) < 4.78 is 5.42. The Kier molecular flexibility index (Phi) is 4.54. The van der Waals surface area contributed by atoms with Gasteiger partial charge in [0.15, 0.2) is 6.61 Å². The molecule has 5 nitrogen and oxygen atoms in total. The zero-order chi connectivity index (χ0) is 14.6. The molecule has 1 aliphatic heterocycles. The Labute approximate surface area is 121 Å². The lowest BCUT2D eigenvalue weighted by Crippen LogP contribution is -2.55. The zero-order valence-electron chi connectivity index (χ0n) is 11.2. The predicted molar refractivity (Wildman–Crippen MR) is 77.1 cm³/mol. The molecule has 1 aromatic carbocycles. The molecule has 0 spiro atoms. The number of rotatable bonds is 5. The standard InChI is InChI=1S/C14H17NO4S/c1-10-4-2-3-5-11(10)19-8-12(16)15-14(13(17)18)6-7-20-9-14/h2-5H,6-9H2,1H3,(H,15,16)(H,17,18). The number of thioether (sulfide) groups is 1. The van der Waals surface area contributed by atoms with Gasteiger partial charge >= 0.3 is 5.97 Å². The zero-order valence-corrected chi connectivity index (χ0v) is 12.0. The number of amides is 1. The smallest absolute Gasteiger partial charge is 0.330 e. The first kappa shape index (κ1) is 14.7. The second-order valence-corrected chi connectivity index (χ2v) is 5.90. The van der Waals surface area contributed by atoms with Crippen LogP contribution < -0.4 is 10.1 Å². The topological polar surface area (TPSA) is 75.6 Å². The van der Waals surface area contributed by atoms with Crippen molar-refractivity contribution in [1.82, 2.24) is 5.32 Å². The van der Waals surface area contributed by atoms with Crippen LogP contribution in [0.25, 0.3) is 0 Å². The molecule has 1 atom stereocenters. The highest BCUT2D eigenvalue weighted by Crippen LogP contribution is 2.28. The number of benzene rings is 1. The van der Waals surface area contributed by atoms with Gasteiger partial charge in [-0.1, -0.05) is 18.2 Å². The van der Waals surface area contributed by atoms with Gasteiger partial charge < -0.3 is 15.2 Å². The Morgan fingerprint density at radius 2 is 2.20 bits per heavy atom. The molecule has 1 unspecified atom stereocenters. The van der Waals surface area contributed by atoms with Crippen LogP contribution in [0.3, 0.4) is 0 Å². The van der Waals surface area contributed by atoms with Crippen LogP contribution in [0.15, 0.2) is 24.3 Å². The van der Waals surface area contributed by atoms with Crippen LogP contribution in [0.4, 0.5) is 0 Å². The van der Waals surface area contributed by atoms with Crippen molar-refractivity contribution in [3.8, 4) is 5.75 Å². The summed E-state index contributed by atoms with van der Waals surface area (Å²) in [5.41, 5.74) is -0.207. The quantitative estimate of drug-likeness (QED) is 0.860. The van der Waals surface area contributed by atoms with Crippen LogP contribution in [-0.2, 0) is 9.59 Å². The first-order valence-electron chi connectivity index (χ1n) is 6.34. The summed E-state index contributed by atoms with van der Waals surface area (Å²) in [4.78, 5) is 23.2. The Bertz CT molecular complexity index is 512. The largest absolute Gasteiger partial charge is 0.484 e. The van der Waals surface area contributed by atoms with E-state index >= 15 is 0 Å². The Morgan fingerprint density at radius 1 is 1.45 bits per heavy atom. The van der Waals surface area contributed by atoms with E-state index in [0.717, 1.165) is 11.3 Å². The van der Waals surface area contributed by atoms with Crippen LogP contribution in [0, 0.1) is 6.92 Å². The second kappa shape index (κ2) is 6.17. The molecule has 108 valence electrons. The SMILES string of the molecule is Cc1ccccc1OCC(=O)NC1(C(=O)O)CCSC1. The molecular formula is C14H17NO4S. The Hall–Kier alpha value is -1.69. The molecule has 6 heteroatoms.